The molecule has 1 saturated carbocycles. The molecule has 0 radical (unpaired) electrons. The molecular weight excluding hydrogens is 480 g/mol. The van der Waals surface area contributed by atoms with Gasteiger partial charge in [-0.05, 0) is 36.5 Å². The second-order valence-electron chi connectivity index (χ2n) is 8.69. The molecule has 5 rings (SSSR count). The number of hydrogen-bond acceptors (Lipinski definition) is 7. The third kappa shape index (κ3) is 3.64. The lowest BCUT2D eigenvalue weighted by Gasteiger charge is -2.31. The molecule has 0 N–H and O–H groups in total. The van der Waals surface area contributed by atoms with E-state index in [2.05, 4.69) is 0 Å². The van der Waals surface area contributed by atoms with Crippen molar-refractivity contribution in [2.24, 2.45) is 23.7 Å². The van der Waals surface area contributed by atoms with E-state index >= 15 is 0 Å². The second kappa shape index (κ2) is 8.27. The molecule has 1 aliphatic heterocycles. The van der Waals surface area contributed by atoms with E-state index in [1.54, 1.807) is 0 Å². The van der Waals surface area contributed by atoms with Crippen molar-refractivity contribution in [1.29, 1.82) is 0 Å². The Kier molecular flexibility index (Phi) is 5.36. The number of nitro benzene ring substituents is 2. The van der Waals surface area contributed by atoms with Gasteiger partial charge >= 0.3 is 0 Å². The van der Waals surface area contributed by atoms with Crippen LogP contribution in [-0.2, 0) is 16.1 Å². The molecule has 2 bridgehead atoms. The first-order chi connectivity index (χ1) is 16.7. The number of hydrazine groups is 1. The molecule has 2 aliphatic carbocycles. The maximum absolute atomic E-state index is 13.6. The smallest absolute Gasteiger partial charge is 0.272 e. The molecular formula is C23H17ClN4O7. The molecule has 11 nitrogen and oxygen atoms in total. The minimum absolute atomic E-state index is 0.0388. The van der Waals surface area contributed by atoms with Crippen molar-refractivity contribution >= 4 is 40.7 Å². The average Bonchev–Trinajstić information content (AvgIpc) is 3.52. The first-order valence-electron chi connectivity index (χ1n) is 10.7. The van der Waals surface area contributed by atoms with E-state index in [0.29, 0.717) is 6.42 Å². The van der Waals surface area contributed by atoms with Gasteiger partial charge < -0.3 is 0 Å². The summed E-state index contributed by atoms with van der Waals surface area (Å²) < 4.78 is 0. The SMILES string of the molecule is O=C(c1cccc([N+](=O)[O-])c1)N(Cc1ccc(Cl)cc1[N+](=O)[O-])N1C(=O)[C@H]2[C@H](C1=O)[C@H]1C=C[C@H]2C1. The summed E-state index contributed by atoms with van der Waals surface area (Å²) in [7, 11) is 0. The van der Waals surface area contributed by atoms with Gasteiger partial charge in [-0.15, -0.1) is 0 Å². The normalized spacial score (nSPS) is 24.1. The number of imide groups is 1. The third-order valence-electron chi connectivity index (χ3n) is 6.79. The first kappa shape index (κ1) is 22.7. The Hall–Kier alpha value is -4.12. The molecule has 0 aromatic heterocycles. The van der Waals surface area contributed by atoms with E-state index in [0.717, 1.165) is 22.2 Å². The van der Waals surface area contributed by atoms with Crippen LogP contribution in [0.3, 0.4) is 0 Å². The number of amides is 3. The fourth-order valence-corrected chi connectivity index (χ4v) is 5.43. The van der Waals surface area contributed by atoms with Gasteiger partial charge in [0.25, 0.3) is 29.1 Å². The van der Waals surface area contributed by atoms with Crippen molar-refractivity contribution in [1.82, 2.24) is 10.0 Å². The van der Waals surface area contributed by atoms with Gasteiger partial charge in [-0.3, -0.25) is 34.6 Å². The lowest BCUT2D eigenvalue weighted by molar-refractivity contribution is -0.385. The van der Waals surface area contributed by atoms with Gasteiger partial charge in [0.2, 0.25) is 0 Å². The lowest BCUT2D eigenvalue weighted by Crippen LogP contribution is -2.50. The summed E-state index contributed by atoms with van der Waals surface area (Å²) in [6.07, 6.45) is 4.48. The van der Waals surface area contributed by atoms with Crippen LogP contribution < -0.4 is 0 Å². The highest BCUT2D eigenvalue weighted by Crippen LogP contribution is 2.53. The van der Waals surface area contributed by atoms with Crippen LogP contribution in [0.4, 0.5) is 11.4 Å². The Morgan fingerprint density at radius 2 is 1.66 bits per heavy atom. The summed E-state index contributed by atoms with van der Waals surface area (Å²) in [5.74, 6) is -3.46. The van der Waals surface area contributed by atoms with Crippen LogP contribution in [0.2, 0.25) is 5.02 Å². The molecule has 4 atom stereocenters. The van der Waals surface area contributed by atoms with Crippen LogP contribution in [0, 0.1) is 43.9 Å². The van der Waals surface area contributed by atoms with Crippen LogP contribution in [0.5, 0.6) is 0 Å². The molecule has 0 spiro atoms. The van der Waals surface area contributed by atoms with Crippen molar-refractivity contribution in [3.05, 3.63) is 91.0 Å². The number of hydrogen-bond donors (Lipinski definition) is 0. The largest absolute Gasteiger partial charge is 0.275 e. The summed E-state index contributed by atoms with van der Waals surface area (Å²) in [6, 6.07) is 8.70. The fraction of sp³-hybridized carbons (Fsp3) is 0.261. The van der Waals surface area contributed by atoms with Crippen molar-refractivity contribution in [3.8, 4) is 0 Å². The number of halogens is 1. The van der Waals surface area contributed by atoms with E-state index in [1.807, 2.05) is 12.2 Å². The van der Waals surface area contributed by atoms with Crippen molar-refractivity contribution in [2.75, 3.05) is 0 Å². The zero-order chi connectivity index (χ0) is 25.0. The zero-order valence-electron chi connectivity index (χ0n) is 17.9. The summed E-state index contributed by atoms with van der Waals surface area (Å²) in [5.41, 5.74) is -0.853. The number of allylic oxidation sites excluding steroid dienone is 2. The van der Waals surface area contributed by atoms with Crippen LogP contribution in [0.25, 0.3) is 0 Å². The van der Waals surface area contributed by atoms with E-state index in [9.17, 15) is 34.6 Å². The molecule has 3 amide bonds. The number of benzene rings is 2. The molecule has 3 aliphatic rings. The summed E-state index contributed by atoms with van der Waals surface area (Å²) in [5, 5.41) is 24.6. The van der Waals surface area contributed by atoms with Gasteiger partial charge in [0.05, 0.1) is 33.8 Å². The molecule has 0 unspecified atom stereocenters. The number of fused-ring (bicyclic) bond motifs is 5. The zero-order valence-corrected chi connectivity index (χ0v) is 18.7. The van der Waals surface area contributed by atoms with Gasteiger partial charge in [-0.1, -0.05) is 29.8 Å². The molecule has 178 valence electrons. The van der Waals surface area contributed by atoms with Crippen molar-refractivity contribution < 1.29 is 24.2 Å². The predicted octanol–water partition coefficient (Wildman–Crippen LogP) is 3.52. The summed E-state index contributed by atoms with van der Waals surface area (Å²) >= 11 is 5.91. The number of carbonyl (C=O) groups is 3. The Bertz CT molecular complexity index is 1310. The van der Waals surface area contributed by atoms with Crippen molar-refractivity contribution in [2.45, 2.75) is 13.0 Å². The summed E-state index contributed by atoms with van der Waals surface area (Å²) in [4.78, 5) is 61.9. The third-order valence-corrected chi connectivity index (χ3v) is 7.03. The fourth-order valence-electron chi connectivity index (χ4n) is 5.26. The highest BCUT2D eigenvalue weighted by atomic mass is 35.5. The van der Waals surface area contributed by atoms with Crippen molar-refractivity contribution in [3.63, 3.8) is 0 Å². The maximum Gasteiger partial charge on any atom is 0.275 e. The standard InChI is InChI=1S/C23H17ClN4O7/c24-16-7-6-15(18(10-16)28(34)35)11-25(21(29)14-2-1-3-17(9-14)27(32)33)26-22(30)19-12-4-5-13(8-12)20(19)23(26)31/h1-7,9-10,12-13,19-20H,8,11H2/t12-,13-,19+,20+/m0/s1. The highest BCUT2D eigenvalue weighted by molar-refractivity contribution is 6.30. The molecule has 2 fully saturated rings. The number of carbonyl (C=O) groups excluding carboxylic acids is 3. The second-order valence-corrected chi connectivity index (χ2v) is 9.12. The molecule has 1 saturated heterocycles. The molecule has 1 heterocycles. The maximum atomic E-state index is 13.6. The van der Waals surface area contributed by atoms with E-state index in [1.165, 1.54) is 30.3 Å². The first-order valence-corrected chi connectivity index (χ1v) is 11.1. The van der Waals surface area contributed by atoms with Gasteiger partial charge in [-0.25, -0.2) is 5.01 Å². The number of non-ortho nitro benzene ring substituents is 1. The van der Waals surface area contributed by atoms with Gasteiger partial charge in [0.15, 0.2) is 0 Å². The van der Waals surface area contributed by atoms with E-state index in [4.69, 9.17) is 11.6 Å². The summed E-state index contributed by atoms with van der Waals surface area (Å²) in [6.45, 7) is -0.491. The van der Waals surface area contributed by atoms with Gasteiger partial charge in [0, 0.05) is 28.8 Å². The Morgan fingerprint density at radius 1 is 1.00 bits per heavy atom. The number of rotatable bonds is 6. The van der Waals surface area contributed by atoms with Crippen LogP contribution in [0.15, 0.2) is 54.6 Å². The predicted molar refractivity (Wildman–Crippen MR) is 121 cm³/mol. The number of nitrogens with zero attached hydrogens (tertiary/aromatic N) is 4. The van der Waals surface area contributed by atoms with Crippen LogP contribution in [0.1, 0.15) is 22.3 Å². The minimum Gasteiger partial charge on any atom is -0.272 e. The highest BCUT2D eigenvalue weighted by Gasteiger charge is 2.61. The monoisotopic (exact) mass is 496 g/mol. The van der Waals surface area contributed by atoms with Gasteiger partial charge in [-0.2, -0.15) is 5.01 Å². The molecule has 2 aromatic rings. The Labute approximate surface area is 202 Å². The molecule has 2 aromatic carbocycles. The average molecular weight is 497 g/mol. The molecule has 35 heavy (non-hydrogen) atoms. The lowest BCUT2D eigenvalue weighted by atomic mass is 9.85. The quantitative estimate of drug-likeness (QED) is 0.257. The number of nitro groups is 2. The Morgan fingerprint density at radius 3 is 2.26 bits per heavy atom. The van der Waals surface area contributed by atoms with E-state index in [-0.39, 0.29) is 33.7 Å². The Balaban J connectivity index is 1.58. The van der Waals surface area contributed by atoms with E-state index < -0.39 is 51.6 Å². The topological polar surface area (TPSA) is 144 Å². The van der Waals surface area contributed by atoms with Crippen LogP contribution in [-0.4, -0.2) is 37.6 Å². The van der Waals surface area contributed by atoms with Gasteiger partial charge in [0.1, 0.15) is 0 Å². The van der Waals surface area contributed by atoms with Crippen LogP contribution >= 0.6 is 11.6 Å². The minimum atomic E-state index is -0.875. The molecule has 12 heteroatoms.